The third-order valence-electron chi connectivity index (χ3n) is 3.27. The molecule has 0 aromatic carbocycles. The van der Waals surface area contributed by atoms with Gasteiger partial charge in [-0.2, -0.15) is 0 Å². The molecule has 2 nitrogen and oxygen atoms in total. The summed E-state index contributed by atoms with van der Waals surface area (Å²) in [6.45, 7) is 10.6. The molecular formula is C15H26O2. The van der Waals surface area contributed by atoms with E-state index in [9.17, 15) is 0 Å². The molecule has 0 radical (unpaired) electrons. The van der Waals surface area contributed by atoms with Crippen LogP contribution in [-0.2, 0) is 9.47 Å². The maximum atomic E-state index is 5.93. The summed E-state index contributed by atoms with van der Waals surface area (Å²) in [5.41, 5.74) is 0. The fraction of sp³-hybridized carbons (Fsp3) is 0.733. The van der Waals surface area contributed by atoms with E-state index in [1.54, 1.807) is 0 Å². The van der Waals surface area contributed by atoms with E-state index in [-0.39, 0.29) is 6.29 Å². The third kappa shape index (κ3) is 5.05. The summed E-state index contributed by atoms with van der Waals surface area (Å²) in [5, 5.41) is 0. The van der Waals surface area contributed by atoms with Gasteiger partial charge >= 0.3 is 0 Å². The number of allylic oxidation sites excluding steroid dienone is 1. The SMILES string of the molecule is C=CCCC[C@H]1OC(OCCCC)C[C@@H]1C=C. The lowest BCUT2D eigenvalue weighted by molar-refractivity contribution is -0.135. The van der Waals surface area contributed by atoms with Gasteiger partial charge in [0.05, 0.1) is 6.10 Å². The van der Waals surface area contributed by atoms with E-state index in [0.29, 0.717) is 12.0 Å². The lowest BCUT2D eigenvalue weighted by Crippen LogP contribution is -2.16. The Morgan fingerprint density at radius 2 is 2.18 bits per heavy atom. The Bertz CT molecular complexity index is 225. The first kappa shape index (κ1) is 14.5. The molecule has 1 unspecified atom stereocenters. The summed E-state index contributed by atoms with van der Waals surface area (Å²) in [4.78, 5) is 0. The number of rotatable bonds is 9. The molecule has 0 amide bonds. The Balaban J connectivity index is 2.28. The standard InChI is InChI=1S/C15H26O2/c1-4-7-9-10-14-13(6-3)12-15(17-14)16-11-8-5-2/h4,6,13-15H,1,3,5,7-12H2,2H3/t13-,14+,15?/m0/s1. The van der Waals surface area contributed by atoms with Crippen molar-refractivity contribution in [3.63, 3.8) is 0 Å². The second-order valence-corrected chi connectivity index (χ2v) is 4.68. The van der Waals surface area contributed by atoms with Crippen LogP contribution in [-0.4, -0.2) is 19.0 Å². The molecule has 1 heterocycles. The zero-order valence-electron chi connectivity index (χ0n) is 11.1. The summed E-state index contributed by atoms with van der Waals surface area (Å²) in [6, 6.07) is 0. The van der Waals surface area contributed by atoms with Crippen molar-refractivity contribution in [2.75, 3.05) is 6.61 Å². The van der Waals surface area contributed by atoms with Crippen molar-refractivity contribution >= 4 is 0 Å². The number of ether oxygens (including phenoxy) is 2. The van der Waals surface area contributed by atoms with Crippen LogP contribution in [0.25, 0.3) is 0 Å². The fourth-order valence-corrected chi connectivity index (χ4v) is 2.19. The van der Waals surface area contributed by atoms with Crippen molar-refractivity contribution in [2.45, 2.75) is 57.8 Å². The normalized spacial score (nSPS) is 28.2. The van der Waals surface area contributed by atoms with Crippen LogP contribution in [0.4, 0.5) is 0 Å². The van der Waals surface area contributed by atoms with E-state index < -0.39 is 0 Å². The molecule has 1 saturated heterocycles. The number of unbranched alkanes of at least 4 members (excludes halogenated alkanes) is 2. The van der Waals surface area contributed by atoms with Crippen molar-refractivity contribution in [3.05, 3.63) is 25.3 Å². The quantitative estimate of drug-likeness (QED) is 0.445. The highest BCUT2D eigenvalue weighted by atomic mass is 16.7. The minimum absolute atomic E-state index is 0.0155. The van der Waals surface area contributed by atoms with Gasteiger partial charge in [-0.3, -0.25) is 0 Å². The van der Waals surface area contributed by atoms with Crippen LogP contribution >= 0.6 is 0 Å². The van der Waals surface area contributed by atoms with Crippen LogP contribution in [0.3, 0.4) is 0 Å². The smallest absolute Gasteiger partial charge is 0.158 e. The second kappa shape index (κ2) is 8.48. The van der Waals surface area contributed by atoms with Gasteiger partial charge in [-0.05, 0) is 25.7 Å². The van der Waals surface area contributed by atoms with Crippen LogP contribution in [0.5, 0.6) is 0 Å². The van der Waals surface area contributed by atoms with Crippen LogP contribution in [0.15, 0.2) is 25.3 Å². The first-order chi connectivity index (χ1) is 8.31. The highest BCUT2D eigenvalue weighted by Gasteiger charge is 2.33. The topological polar surface area (TPSA) is 18.5 Å². The molecule has 3 atom stereocenters. The van der Waals surface area contributed by atoms with Crippen LogP contribution < -0.4 is 0 Å². The van der Waals surface area contributed by atoms with Gasteiger partial charge < -0.3 is 9.47 Å². The maximum absolute atomic E-state index is 5.93. The van der Waals surface area contributed by atoms with Crippen LogP contribution in [0.2, 0.25) is 0 Å². The summed E-state index contributed by atoms with van der Waals surface area (Å²) < 4.78 is 11.7. The van der Waals surface area contributed by atoms with Crippen LogP contribution in [0.1, 0.15) is 45.4 Å². The van der Waals surface area contributed by atoms with Gasteiger partial charge in [-0.15, -0.1) is 13.2 Å². The minimum Gasteiger partial charge on any atom is -0.353 e. The molecule has 0 spiro atoms. The molecule has 1 rings (SSSR count). The molecule has 0 N–H and O–H groups in total. The van der Waals surface area contributed by atoms with Crippen molar-refractivity contribution in [1.29, 1.82) is 0 Å². The summed E-state index contributed by atoms with van der Waals surface area (Å²) in [7, 11) is 0. The van der Waals surface area contributed by atoms with Gasteiger partial charge in [-0.25, -0.2) is 0 Å². The zero-order chi connectivity index (χ0) is 12.5. The van der Waals surface area contributed by atoms with Crippen molar-refractivity contribution in [2.24, 2.45) is 5.92 Å². The fourth-order valence-electron chi connectivity index (χ4n) is 2.19. The molecule has 1 aliphatic rings. The molecule has 0 bridgehead atoms. The molecule has 1 fully saturated rings. The molecular weight excluding hydrogens is 212 g/mol. The Morgan fingerprint density at radius 3 is 2.82 bits per heavy atom. The largest absolute Gasteiger partial charge is 0.353 e. The van der Waals surface area contributed by atoms with Crippen molar-refractivity contribution < 1.29 is 9.47 Å². The van der Waals surface area contributed by atoms with E-state index >= 15 is 0 Å². The molecule has 0 saturated carbocycles. The molecule has 2 heteroatoms. The maximum Gasteiger partial charge on any atom is 0.158 e. The first-order valence-electron chi connectivity index (χ1n) is 6.82. The summed E-state index contributed by atoms with van der Waals surface area (Å²) in [5.74, 6) is 0.450. The average Bonchev–Trinajstić information content (AvgIpc) is 2.72. The zero-order valence-corrected chi connectivity index (χ0v) is 11.1. The molecule has 0 aromatic heterocycles. The highest BCUT2D eigenvalue weighted by molar-refractivity contribution is 4.91. The highest BCUT2D eigenvalue weighted by Crippen LogP contribution is 2.31. The van der Waals surface area contributed by atoms with E-state index in [4.69, 9.17) is 9.47 Å². The lowest BCUT2D eigenvalue weighted by atomic mass is 9.97. The van der Waals surface area contributed by atoms with E-state index in [2.05, 4.69) is 20.1 Å². The molecule has 17 heavy (non-hydrogen) atoms. The summed E-state index contributed by atoms with van der Waals surface area (Å²) >= 11 is 0. The summed E-state index contributed by atoms with van der Waals surface area (Å²) in [6.07, 6.45) is 10.8. The Morgan fingerprint density at radius 1 is 1.35 bits per heavy atom. The molecule has 0 aliphatic carbocycles. The van der Waals surface area contributed by atoms with E-state index in [1.807, 2.05) is 12.2 Å². The molecule has 1 aliphatic heterocycles. The average molecular weight is 238 g/mol. The third-order valence-corrected chi connectivity index (χ3v) is 3.27. The predicted molar refractivity (Wildman–Crippen MR) is 71.9 cm³/mol. The number of hydrogen-bond acceptors (Lipinski definition) is 2. The van der Waals surface area contributed by atoms with Gasteiger partial charge in [0.15, 0.2) is 6.29 Å². The van der Waals surface area contributed by atoms with Gasteiger partial charge in [0.25, 0.3) is 0 Å². The van der Waals surface area contributed by atoms with Crippen molar-refractivity contribution in [1.82, 2.24) is 0 Å². The van der Waals surface area contributed by atoms with Gasteiger partial charge in [-0.1, -0.05) is 25.5 Å². The first-order valence-corrected chi connectivity index (χ1v) is 6.82. The number of hydrogen-bond donors (Lipinski definition) is 0. The van der Waals surface area contributed by atoms with E-state index in [0.717, 1.165) is 38.7 Å². The van der Waals surface area contributed by atoms with Crippen molar-refractivity contribution in [3.8, 4) is 0 Å². The second-order valence-electron chi connectivity index (χ2n) is 4.68. The molecule has 98 valence electrons. The van der Waals surface area contributed by atoms with Gasteiger partial charge in [0, 0.05) is 18.9 Å². The Kier molecular flexibility index (Phi) is 7.22. The van der Waals surface area contributed by atoms with Crippen LogP contribution in [0, 0.1) is 5.92 Å². The van der Waals surface area contributed by atoms with Gasteiger partial charge in [0.2, 0.25) is 0 Å². The lowest BCUT2D eigenvalue weighted by Gasteiger charge is -2.15. The molecule has 0 aromatic rings. The Labute approximate surface area is 106 Å². The van der Waals surface area contributed by atoms with Gasteiger partial charge in [0.1, 0.15) is 0 Å². The Hall–Kier alpha value is -0.600. The predicted octanol–water partition coefficient (Wildman–Crippen LogP) is 4.08. The monoisotopic (exact) mass is 238 g/mol. The van der Waals surface area contributed by atoms with E-state index in [1.165, 1.54) is 6.42 Å². The minimum atomic E-state index is -0.0155.